The van der Waals surface area contributed by atoms with Crippen molar-refractivity contribution in [2.24, 2.45) is 11.3 Å². The molecular weight excluding hydrogens is 170 g/mol. The Kier molecular flexibility index (Phi) is 1.40. The van der Waals surface area contributed by atoms with Gasteiger partial charge < -0.3 is 0 Å². The minimum Gasteiger partial charge on any atom is -0.291 e. The molecular formula is C9H13NO3. The first-order chi connectivity index (χ1) is 5.91. The molecule has 2 aliphatic carbocycles. The molecule has 0 heterocycles. The van der Waals surface area contributed by atoms with Crippen molar-refractivity contribution < 1.29 is 9.72 Å². The van der Waals surface area contributed by atoms with E-state index in [9.17, 15) is 14.9 Å². The number of rotatable bonds is 1. The first-order valence-electron chi connectivity index (χ1n) is 4.61. The normalized spacial score (nSPS) is 41.1. The number of fused-ring (bicyclic) bond motifs is 2. The van der Waals surface area contributed by atoms with E-state index in [1.807, 2.05) is 13.8 Å². The van der Waals surface area contributed by atoms with E-state index in [-0.39, 0.29) is 16.6 Å². The van der Waals surface area contributed by atoms with Gasteiger partial charge in [0.05, 0.1) is 0 Å². The smallest absolute Gasteiger partial charge is 0.280 e. The van der Waals surface area contributed by atoms with Gasteiger partial charge in [-0.05, 0) is 12.3 Å². The molecule has 72 valence electrons. The van der Waals surface area contributed by atoms with Crippen LogP contribution in [0.5, 0.6) is 0 Å². The van der Waals surface area contributed by atoms with E-state index >= 15 is 0 Å². The monoisotopic (exact) mass is 183 g/mol. The number of hydrogen-bond donors (Lipinski definition) is 0. The van der Waals surface area contributed by atoms with Crippen LogP contribution in [-0.4, -0.2) is 16.2 Å². The Hall–Kier alpha value is -0.930. The zero-order valence-corrected chi connectivity index (χ0v) is 7.87. The molecule has 2 saturated carbocycles. The minimum atomic E-state index is -1.21. The van der Waals surface area contributed by atoms with Crippen molar-refractivity contribution in [1.82, 2.24) is 0 Å². The van der Waals surface area contributed by atoms with Crippen molar-refractivity contribution in [3.05, 3.63) is 10.1 Å². The summed E-state index contributed by atoms with van der Waals surface area (Å²) < 4.78 is 0. The summed E-state index contributed by atoms with van der Waals surface area (Å²) in [6, 6.07) is 0. The van der Waals surface area contributed by atoms with Crippen LogP contribution >= 0.6 is 0 Å². The molecule has 2 fully saturated rings. The van der Waals surface area contributed by atoms with Gasteiger partial charge in [0.1, 0.15) is 0 Å². The average Bonchev–Trinajstić information content (AvgIpc) is 2.53. The molecule has 2 rings (SSSR count). The van der Waals surface area contributed by atoms with Gasteiger partial charge in [-0.15, -0.1) is 0 Å². The zero-order valence-electron chi connectivity index (χ0n) is 7.87. The Balaban J connectivity index is 2.46. The van der Waals surface area contributed by atoms with Crippen molar-refractivity contribution in [2.75, 3.05) is 0 Å². The van der Waals surface area contributed by atoms with Crippen molar-refractivity contribution in [3.8, 4) is 0 Å². The van der Waals surface area contributed by atoms with Crippen LogP contribution < -0.4 is 0 Å². The summed E-state index contributed by atoms with van der Waals surface area (Å²) in [4.78, 5) is 22.3. The summed E-state index contributed by atoms with van der Waals surface area (Å²) in [5, 5.41) is 10.9. The third-order valence-corrected chi connectivity index (χ3v) is 3.87. The Labute approximate surface area is 76.5 Å². The maximum Gasteiger partial charge on any atom is 0.280 e. The number of Topliss-reactive ketones (excluding diaryl/α,β-unsaturated/α-hetero) is 1. The molecule has 0 aromatic heterocycles. The number of hydrogen-bond acceptors (Lipinski definition) is 3. The second-order valence-electron chi connectivity index (χ2n) is 4.78. The summed E-state index contributed by atoms with van der Waals surface area (Å²) in [5.74, 6) is 0.0756. The van der Waals surface area contributed by atoms with Crippen molar-refractivity contribution >= 4 is 5.78 Å². The topological polar surface area (TPSA) is 60.2 Å². The predicted octanol–water partition coefficient (Wildman–Crippen LogP) is 1.41. The molecule has 2 bridgehead atoms. The highest BCUT2D eigenvalue weighted by Crippen LogP contribution is 2.56. The van der Waals surface area contributed by atoms with Crippen LogP contribution in [0.15, 0.2) is 0 Å². The van der Waals surface area contributed by atoms with Crippen LogP contribution in [0.4, 0.5) is 0 Å². The molecule has 0 amide bonds. The zero-order chi connectivity index (χ0) is 9.85. The largest absolute Gasteiger partial charge is 0.291 e. The highest BCUT2D eigenvalue weighted by molar-refractivity contribution is 5.95. The van der Waals surface area contributed by atoms with Gasteiger partial charge in [0.15, 0.2) is 0 Å². The highest BCUT2D eigenvalue weighted by atomic mass is 16.6. The fourth-order valence-corrected chi connectivity index (χ4v) is 2.88. The Bertz CT molecular complexity index is 297. The maximum absolute atomic E-state index is 11.8. The molecule has 2 aliphatic rings. The summed E-state index contributed by atoms with van der Waals surface area (Å²) in [7, 11) is 0. The number of carbonyl (C=O) groups excluding carboxylic acids is 1. The lowest BCUT2D eigenvalue weighted by atomic mass is 9.74. The van der Waals surface area contributed by atoms with E-state index in [4.69, 9.17) is 0 Å². The van der Waals surface area contributed by atoms with Crippen molar-refractivity contribution in [1.29, 1.82) is 0 Å². The fraction of sp³-hybridized carbons (Fsp3) is 0.889. The molecule has 4 nitrogen and oxygen atoms in total. The Morgan fingerprint density at radius 2 is 2.15 bits per heavy atom. The van der Waals surface area contributed by atoms with E-state index < -0.39 is 11.0 Å². The number of nitrogens with zero attached hydrogens (tertiary/aromatic N) is 1. The lowest BCUT2D eigenvalue weighted by molar-refractivity contribution is -0.549. The lowest BCUT2D eigenvalue weighted by Crippen LogP contribution is -2.47. The van der Waals surface area contributed by atoms with Crippen LogP contribution in [-0.2, 0) is 4.79 Å². The van der Waals surface area contributed by atoms with Gasteiger partial charge in [-0.25, -0.2) is 0 Å². The third kappa shape index (κ3) is 0.785. The molecule has 0 spiro atoms. The molecule has 2 atom stereocenters. The van der Waals surface area contributed by atoms with E-state index in [2.05, 4.69) is 0 Å². The van der Waals surface area contributed by atoms with Gasteiger partial charge >= 0.3 is 0 Å². The van der Waals surface area contributed by atoms with Crippen LogP contribution in [0.25, 0.3) is 0 Å². The van der Waals surface area contributed by atoms with Gasteiger partial charge in [0.25, 0.3) is 5.54 Å². The van der Waals surface area contributed by atoms with Crippen molar-refractivity contribution in [2.45, 2.75) is 38.6 Å². The summed E-state index contributed by atoms with van der Waals surface area (Å²) in [6.45, 7) is 3.68. The average molecular weight is 183 g/mol. The molecule has 4 heteroatoms. The molecule has 0 aromatic carbocycles. The molecule has 0 radical (unpaired) electrons. The first kappa shape index (κ1) is 8.66. The second-order valence-corrected chi connectivity index (χ2v) is 4.78. The van der Waals surface area contributed by atoms with E-state index in [0.717, 1.165) is 6.42 Å². The summed E-state index contributed by atoms with van der Waals surface area (Å²) in [6.07, 6.45) is 1.75. The summed E-state index contributed by atoms with van der Waals surface area (Å²) >= 11 is 0. The maximum atomic E-state index is 11.8. The van der Waals surface area contributed by atoms with Gasteiger partial charge in [-0.1, -0.05) is 13.8 Å². The lowest BCUT2D eigenvalue weighted by Gasteiger charge is -2.28. The standard InChI is InChI=1S/C9H13NO3/c1-8(2)6-3-4-9(5-6,7(8)11)10(12)13/h6H,3-5H2,1-2H3/t6-,9-/m1/s1. The molecule has 0 saturated heterocycles. The quantitative estimate of drug-likeness (QED) is 0.456. The van der Waals surface area contributed by atoms with E-state index in [1.165, 1.54) is 0 Å². The molecule has 13 heavy (non-hydrogen) atoms. The van der Waals surface area contributed by atoms with Gasteiger partial charge in [-0.3, -0.25) is 14.9 Å². The number of nitro groups is 1. The van der Waals surface area contributed by atoms with Crippen LogP contribution in [0.3, 0.4) is 0 Å². The third-order valence-electron chi connectivity index (χ3n) is 3.87. The summed E-state index contributed by atoms with van der Waals surface area (Å²) in [5.41, 5.74) is -1.68. The number of carbonyl (C=O) groups is 1. The Morgan fingerprint density at radius 1 is 1.54 bits per heavy atom. The van der Waals surface area contributed by atoms with E-state index in [1.54, 1.807) is 0 Å². The molecule has 0 aliphatic heterocycles. The second kappa shape index (κ2) is 2.11. The van der Waals surface area contributed by atoms with Gasteiger partial charge in [0.2, 0.25) is 5.78 Å². The molecule has 0 unspecified atom stereocenters. The number of ketones is 1. The molecule has 0 aromatic rings. The SMILES string of the molecule is CC1(C)C(=O)[C@@]2([N+](=O)[O-])CC[C@@H]1C2. The van der Waals surface area contributed by atoms with Crippen LogP contribution in [0.2, 0.25) is 0 Å². The first-order valence-corrected chi connectivity index (χ1v) is 4.61. The minimum absolute atomic E-state index is 0.152. The predicted molar refractivity (Wildman–Crippen MR) is 45.9 cm³/mol. The van der Waals surface area contributed by atoms with Crippen LogP contribution in [0, 0.1) is 21.4 Å². The van der Waals surface area contributed by atoms with Crippen LogP contribution in [0.1, 0.15) is 33.1 Å². The van der Waals surface area contributed by atoms with Gasteiger partial charge in [0, 0.05) is 23.2 Å². The highest BCUT2D eigenvalue weighted by Gasteiger charge is 2.69. The van der Waals surface area contributed by atoms with E-state index in [0.29, 0.717) is 12.8 Å². The van der Waals surface area contributed by atoms with Crippen molar-refractivity contribution in [3.63, 3.8) is 0 Å². The molecule has 0 N–H and O–H groups in total. The Morgan fingerprint density at radius 3 is 2.46 bits per heavy atom. The fourth-order valence-electron chi connectivity index (χ4n) is 2.88. The van der Waals surface area contributed by atoms with Gasteiger partial charge in [-0.2, -0.15) is 0 Å².